The Hall–Kier alpha value is -3.45. The van der Waals surface area contributed by atoms with Gasteiger partial charge in [0.05, 0.1) is 36.3 Å². The van der Waals surface area contributed by atoms with E-state index >= 15 is 0 Å². The normalized spacial score (nSPS) is 15.7. The number of benzene rings is 1. The zero-order chi connectivity index (χ0) is 19.6. The van der Waals surface area contributed by atoms with Crippen LogP contribution in [0.1, 0.15) is 15.9 Å². The Morgan fingerprint density at radius 3 is 2.62 bits per heavy atom. The molecule has 0 saturated carbocycles. The number of morpholine rings is 1. The average Bonchev–Trinajstić information content (AvgIpc) is 3.18. The lowest BCUT2D eigenvalue weighted by Gasteiger charge is -2.28. The van der Waals surface area contributed by atoms with E-state index in [4.69, 9.17) is 4.74 Å². The predicted molar refractivity (Wildman–Crippen MR) is 111 cm³/mol. The van der Waals surface area contributed by atoms with Crippen molar-refractivity contribution in [3.63, 3.8) is 0 Å². The fraction of sp³-hybridized carbons (Fsp3) is 0.227. The Kier molecular flexibility index (Phi) is 4.57. The second kappa shape index (κ2) is 7.52. The number of carbonyl (C=O) groups excluding carboxylic acids is 1. The van der Waals surface area contributed by atoms with Gasteiger partial charge >= 0.3 is 0 Å². The van der Waals surface area contributed by atoms with E-state index in [2.05, 4.69) is 25.5 Å². The van der Waals surface area contributed by atoms with Crippen molar-refractivity contribution in [3.8, 4) is 11.1 Å². The van der Waals surface area contributed by atoms with Crippen LogP contribution in [0.15, 0.2) is 55.0 Å². The minimum Gasteiger partial charge on any atom is -0.378 e. The lowest BCUT2D eigenvalue weighted by molar-refractivity contribution is 0.0966. The molecule has 1 amide bonds. The van der Waals surface area contributed by atoms with Gasteiger partial charge in [0.2, 0.25) is 0 Å². The van der Waals surface area contributed by atoms with E-state index in [1.54, 1.807) is 12.4 Å². The van der Waals surface area contributed by atoms with Crippen LogP contribution in [0, 0.1) is 0 Å². The maximum absolute atomic E-state index is 12.5. The maximum atomic E-state index is 12.5. The van der Waals surface area contributed by atoms with Crippen molar-refractivity contribution in [3.05, 3.63) is 66.1 Å². The zero-order valence-corrected chi connectivity index (χ0v) is 15.9. The monoisotopic (exact) mass is 387 g/mol. The third-order valence-electron chi connectivity index (χ3n) is 5.34. The van der Waals surface area contributed by atoms with E-state index < -0.39 is 0 Å². The molecule has 0 spiro atoms. The molecule has 2 aliphatic heterocycles. The Bertz CT molecular complexity index is 1030. The van der Waals surface area contributed by atoms with Gasteiger partial charge in [-0.1, -0.05) is 6.07 Å². The van der Waals surface area contributed by atoms with Gasteiger partial charge in [-0.25, -0.2) is 4.98 Å². The summed E-state index contributed by atoms with van der Waals surface area (Å²) in [5.74, 6) is 0.643. The molecular formula is C22H21N5O2. The molecule has 0 aliphatic carbocycles. The number of rotatable bonds is 4. The molecule has 2 N–H and O–H groups in total. The van der Waals surface area contributed by atoms with E-state index in [-0.39, 0.29) is 5.91 Å². The van der Waals surface area contributed by atoms with Crippen molar-refractivity contribution >= 4 is 23.1 Å². The number of hydrogen-bond donors (Lipinski definition) is 2. The highest BCUT2D eigenvalue weighted by atomic mass is 16.5. The molecular weight excluding hydrogens is 366 g/mol. The molecule has 3 aromatic rings. The highest BCUT2D eigenvalue weighted by Crippen LogP contribution is 2.34. The lowest BCUT2D eigenvalue weighted by Crippen LogP contribution is -2.36. The molecule has 0 unspecified atom stereocenters. The number of fused-ring (bicyclic) bond motifs is 1. The third kappa shape index (κ3) is 3.40. The fourth-order valence-electron chi connectivity index (χ4n) is 3.86. The smallest absolute Gasteiger partial charge is 0.254 e. The summed E-state index contributed by atoms with van der Waals surface area (Å²) < 4.78 is 5.40. The van der Waals surface area contributed by atoms with Crippen LogP contribution in [0.4, 0.5) is 17.2 Å². The van der Waals surface area contributed by atoms with Gasteiger partial charge in [0.15, 0.2) is 0 Å². The molecule has 1 fully saturated rings. The molecule has 2 aromatic heterocycles. The summed E-state index contributed by atoms with van der Waals surface area (Å²) in [5, 5.41) is 6.26. The number of carbonyl (C=O) groups is 1. The highest BCUT2D eigenvalue weighted by molar-refractivity contribution is 6.06. The number of amides is 1. The number of hydrogen-bond acceptors (Lipinski definition) is 6. The van der Waals surface area contributed by atoms with Gasteiger partial charge in [0.1, 0.15) is 5.82 Å². The van der Waals surface area contributed by atoms with Crippen LogP contribution in [0.3, 0.4) is 0 Å². The molecule has 0 radical (unpaired) electrons. The Labute approximate surface area is 168 Å². The topological polar surface area (TPSA) is 79.4 Å². The van der Waals surface area contributed by atoms with Crippen molar-refractivity contribution in [1.82, 2.24) is 15.3 Å². The molecule has 29 heavy (non-hydrogen) atoms. The van der Waals surface area contributed by atoms with E-state index in [0.717, 1.165) is 54.4 Å². The molecule has 7 heteroatoms. The number of anilines is 3. The van der Waals surface area contributed by atoms with Gasteiger partial charge in [-0.15, -0.1) is 0 Å². The van der Waals surface area contributed by atoms with Gasteiger partial charge in [-0.2, -0.15) is 0 Å². The van der Waals surface area contributed by atoms with Crippen molar-refractivity contribution in [2.75, 3.05) is 36.5 Å². The largest absolute Gasteiger partial charge is 0.378 e. The van der Waals surface area contributed by atoms with Crippen molar-refractivity contribution < 1.29 is 9.53 Å². The van der Waals surface area contributed by atoms with Crippen molar-refractivity contribution in [2.24, 2.45) is 0 Å². The van der Waals surface area contributed by atoms with Crippen LogP contribution in [0.5, 0.6) is 0 Å². The first-order valence-corrected chi connectivity index (χ1v) is 9.70. The second-order valence-corrected chi connectivity index (χ2v) is 7.06. The average molecular weight is 387 g/mol. The number of nitrogens with one attached hydrogen (secondary N) is 2. The van der Waals surface area contributed by atoms with Crippen molar-refractivity contribution in [1.29, 1.82) is 0 Å². The molecule has 1 aromatic carbocycles. The van der Waals surface area contributed by atoms with Crippen LogP contribution in [-0.4, -0.2) is 42.2 Å². The Balaban J connectivity index is 1.43. The molecule has 2 aliphatic rings. The van der Waals surface area contributed by atoms with Gasteiger partial charge in [-0.3, -0.25) is 9.78 Å². The predicted octanol–water partition coefficient (Wildman–Crippen LogP) is 2.97. The Morgan fingerprint density at radius 2 is 1.86 bits per heavy atom. The molecule has 4 heterocycles. The van der Waals surface area contributed by atoms with E-state index in [0.29, 0.717) is 17.9 Å². The number of ether oxygens (including phenoxy) is 1. The lowest BCUT2D eigenvalue weighted by atomic mass is 9.96. The molecule has 0 atom stereocenters. The van der Waals surface area contributed by atoms with Crippen LogP contribution in [-0.2, 0) is 11.3 Å². The summed E-state index contributed by atoms with van der Waals surface area (Å²) in [7, 11) is 0. The van der Waals surface area contributed by atoms with Gasteiger partial charge in [0.25, 0.3) is 5.91 Å². The summed E-state index contributed by atoms with van der Waals surface area (Å²) >= 11 is 0. The van der Waals surface area contributed by atoms with Gasteiger partial charge in [0, 0.05) is 32.0 Å². The summed E-state index contributed by atoms with van der Waals surface area (Å²) in [6.07, 6.45) is 5.38. The minimum atomic E-state index is -0.0663. The van der Waals surface area contributed by atoms with Crippen LogP contribution < -0.4 is 15.5 Å². The van der Waals surface area contributed by atoms with E-state index in [1.807, 2.05) is 42.6 Å². The fourth-order valence-corrected chi connectivity index (χ4v) is 3.86. The zero-order valence-electron chi connectivity index (χ0n) is 15.9. The summed E-state index contributed by atoms with van der Waals surface area (Å²) in [6, 6.07) is 11.9. The standard InChI is InChI=1S/C22H21N5O2/c28-22-21-18(14-25-22)17(15-5-7-23-8-6-15)2-3-19(21)26-20-4-1-16(13-24-20)27-9-11-29-12-10-27/h1-8,13H,9-12,14H2,(H,24,26)(H,25,28). The Morgan fingerprint density at radius 1 is 1.03 bits per heavy atom. The van der Waals surface area contributed by atoms with E-state index in [9.17, 15) is 4.79 Å². The minimum absolute atomic E-state index is 0.0663. The van der Waals surface area contributed by atoms with Gasteiger partial charge < -0.3 is 20.3 Å². The SMILES string of the molecule is O=C1NCc2c(-c3ccncc3)ccc(Nc3ccc(N4CCOCC4)cn3)c21. The highest BCUT2D eigenvalue weighted by Gasteiger charge is 2.26. The number of pyridine rings is 2. The van der Waals surface area contributed by atoms with E-state index in [1.165, 1.54) is 0 Å². The van der Waals surface area contributed by atoms with Crippen molar-refractivity contribution in [2.45, 2.75) is 6.54 Å². The van der Waals surface area contributed by atoms with Crippen LogP contribution >= 0.6 is 0 Å². The molecule has 0 bridgehead atoms. The quantitative estimate of drug-likeness (QED) is 0.717. The molecule has 146 valence electrons. The third-order valence-corrected chi connectivity index (χ3v) is 5.34. The first-order valence-electron chi connectivity index (χ1n) is 9.70. The van der Waals surface area contributed by atoms with Gasteiger partial charge in [-0.05, 0) is 47.0 Å². The van der Waals surface area contributed by atoms with Crippen LogP contribution in [0.2, 0.25) is 0 Å². The summed E-state index contributed by atoms with van der Waals surface area (Å²) in [5.41, 5.74) is 5.61. The number of nitrogens with zero attached hydrogens (tertiary/aromatic N) is 3. The second-order valence-electron chi connectivity index (χ2n) is 7.06. The first-order chi connectivity index (χ1) is 14.3. The maximum Gasteiger partial charge on any atom is 0.254 e. The van der Waals surface area contributed by atoms with Crippen LogP contribution in [0.25, 0.3) is 11.1 Å². The summed E-state index contributed by atoms with van der Waals surface area (Å²) in [4.78, 5) is 23.4. The molecule has 7 nitrogen and oxygen atoms in total. The molecule has 1 saturated heterocycles. The number of aromatic nitrogens is 2. The molecule has 5 rings (SSSR count). The summed E-state index contributed by atoms with van der Waals surface area (Å²) in [6.45, 7) is 3.75. The first kappa shape index (κ1) is 17.6.